The van der Waals surface area contributed by atoms with E-state index in [1.807, 2.05) is 55.5 Å². The zero-order valence-electron chi connectivity index (χ0n) is 16.6. The molecule has 5 nitrogen and oxygen atoms in total. The highest BCUT2D eigenvalue weighted by atomic mass is 16.5. The standard InChI is InChI=1S/C23H27N3O2/c1-4-20(23-24-14-21(26-23)17-9-6-5-7-10-17)25-22(27)15-28-19-12-8-11-18(13-19)16(2)3/h5-14,16,20H,4,15H2,1-3H3,(H,24,26)(H,25,27). The van der Waals surface area contributed by atoms with Crippen LogP contribution in [0.5, 0.6) is 5.75 Å². The number of amides is 1. The third-order valence-electron chi connectivity index (χ3n) is 4.65. The predicted molar refractivity (Wildman–Crippen MR) is 111 cm³/mol. The second-order valence-corrected chi connectivity index (χ2v) is 7.09. The number of nitrogens with zero attached hydrogens (tertiary/aromatic N) is 1. The van der Waals surface area contributed by atoms with Crippen molar-refractivity contribution in [3.63, 3.8) is 0 Å². The number of imidazole rings is 1. The molecule has 0 aliphatic heterocycles. The summed E-state index contributed by atoms with van der Waals surface area (Å²) in [4.78, 5) is 20.1. The fraction of sp³-hybridized carbons (Fsp3) is 0.304. The minimum atomic E-state index is -0.185. The van der Waals surface area contributed by atoms with E-state index in [1.165, 1.54) is 5.56 Å². The molecule has 28 heavy (non-hydrogen) atoms. The average molecular weight is 377 g/mol. The Balaban J connectivity index is 1.59. The molecule has 2 N–H and O–H groups in total. The highest BCUT2D eigenvalue weighted by Gasteiger charge is 2.17. The third kappa shape index (κ3) is 5.00. The van der Waals surface area contributed by atoms with Crippen molar-refractivity contribution >= 4 is 5.91 Å². The first kappa shape index (κ1) is 19.7. The van der Waals surface area contributed by atoms with Crippen molar-refractivity contribution in [2.45, 2.75) is 39.2 Å². The molecule has 1 amide bonds. The lowest BCUT2D eigenvalue weighted by Crippen LogP contribution is -2.33. The zero-order valence-corrected chi connectivity index (χ0v) is 16.6. The fourth-order valence-electron chi connectivity index (χ4n) is 2.99. The van der Waals surface area contributed by atoms with Crippen molar-refractivity contribution in [2.75, 3.05) is 6.61 Å². The molecule has 0 fully saturated rings. The largest absolute Gasteiger partial charge is 0.484 e. The zero-order chi connectivity index (χ0) is 19.9. The highest BCUT2D eigenvalue weighted by molar-refractivity contribution is 5.78. The summed E-state index contributed by atoms with van der Waals surface area (Å²) in [6.45, 7) is 6.25. The van der Waals surface area contributed by atoms with E-state index in [-0.39, 0.29) is 18.6 Å². The smallest absolute Gasteiger partial charge is 0.258 e. The first-order chi connectivity index (χ1) is 13.6. The van der Waals surface area contributed by atoms with Gasteiger partial charge in [-0.15, -0.1) is 0 Å². The van der Waals surface area contributed by atoms with Crippen LogP contribution in [0, 0.1) is 0 Å². The van der Waals surface area contributed by atoms with Gasteiger partial charge in [-0.05, 0) is 35.6 Å². The number of hydrogen-bond donors (Lipinski definition) is 2. The number of H-pyrrole nitrogens is 1. The van der Waals surface area contributed by atoms with Crippen molar-refractivity contribution in [3.05, 3.63) is 72.2 Å². The second-order valence-electron chi connectivity index (χ2n) is 7.09. The molecular weight excluding hydrogens is 350 g/mol. The Hall–Kier alpha value is -3.08. The number of aromatic amines is 1. The summed E-state index contributed by atoms with van der Waals surface area (Å²) in [6, 6.07) is 17.7. The second kappa shape index (κ2) is 9.22. The summed E-state index contributed by atoms with van der Waals surface area (Å²) in [5.74, 6) is 1.70. The molecule has 3 aromatic rings. The summed E-state index contributed by atoms with van der Waals surface area (Å²) in [5.41, 5.74) is 3.19. The van der Waals surface area contributed by atoms with Gasteiger partial charge in [0.15, 0.2) is 6.61 Å². The molecule has 0 saturated heterocycles. The molecule has 2 aromatic carbocycles. The summed E-state index contributed by atoms with van der Waals surface area (Å²) < 4.78 is 5.67. The van der Waals surface area contributed by atoms with Gasteiger partial charge in [-0.1, -0.05) is 63.2 Å². The Labute approximate surface area is 166 Å². The van der Waals surface area contributed by atoms with Gasteiger partial charge in [0, 0.05) is 0 Å². The number of ether oxygens (including phenoxy) is 1. The Bertz CT molecular complexity index is 903. The van der Waals surface area contributed by atoms with E-state index >= 15 is 0 Å². The van der Waals surface area contributed by atoms with Crippen LogP contribution in [0.3, 0.4) is 0 Å². The van der Waals surface area contributed by atoms with Crippen molar-refractivity contribution in [3.8, 4) is 17.0 Å². The van der Waals surface area contributed by atoms with Crippen molar-refractivity contribution in [1.29, 1.82) is 0 Å². The van der Waals surface area contributed by atoms with E-state index in [4.69, 9.17) is 4.74 Å². The van der Waals surface area contributed by atoms with Crippen LogP contribution in [0.1, 0.15) is 50.5 Å². The molecule has 0 bridgehead atoms. The van der Waals surface area contributed by atoms with E-state index in [1.54, 1.807) is 6.20 Å². The fourth-order valence-corrected chi connectivity index (χ4v) is 2.99. The topological polar surface area (TPSA) is 67.0 Å². The van der Waals surface area contributed by atoms with Gasteiger partial charge in [0.2, 0.25) is 0 Å². The SMILES string of the molecule is CCC(NC(=O)COc1cccc(C(C)C)c1)c1ncc(-c2ccccc2)[nH]1. The van der Waals surface area contributed by atoms with Crippen LogP contribution < -0.4 is 10.1 Å². The third-order valence-corrected chi connectivity index (χ3v) is 4.65. The molecule has 0 radical (unpaired) electrons. The number of benzene rings is 2. The van der Waals surface area contributed by atoms with Crippen LogP contribution >= 0.6 is 0 Å². The number of carbonyl (C=O) groups is 1. The van der Waals surface area contributed by atoms with E-state index in [0.717, 1.165) is 23.5 Å². The number of hydrogen-bond acceptors (Lipinski definition) is 3. The van der Waals surface area contributed by atoms with Gasteiger partial charge in [0.1, 0.15) is 11.6 Å². The summed E-state index contributed by atoms with van der Waals surface area (Å²) in [7, 11) is 0. The lowest BCUT2D eigenvalue weighted by molar-refractivity contribution is -0.123. The Morgan fingerprint density at radius 2 is 1.93 bits per heavy atom. The van der Waals surface area contributed by atoms with Crippen molar-refractivity contribution in [1.82, 2.24) is 15.3 Å². The maximum atomic E-state index is 12.4. The monoisotopic (exact) mass is 377 g/mol. The van der Waals surface area contributed by atoms with E-state index < -0.39 is 0 Å². The molecule has 0 saturated carbocycles. The molecular formula is C23H27N3O2. The van der Waals surface area contributed by atoms with Crippen molar-refractivity contribution in [2.24, 2.45) is 0 Å². The van der Waals surface area contributed by atoms with Gasteiger partial charge in [-0.3, -0.25) is 4.79 Å². The quantitative estimate of drug-likeness (QED) is 0.590. The lowest BCUT2D eigenvalue weighted by atomic mass is 10.0. The van der Waals surface area contributed by atoms with Crippen molar-refractivity contribution < 1.29 is 9.53 Å². The summed E-state index contributed by atoms with van der Waals surface area (Å²) >= 11 is 0. The summed E-state index contributed by atoms with van der Waals surface area (Å²) in [5, 5.41) is 3.00. The predicted octanol–water partition coefficient (Wildman–Crippen LogP) is 4.85. The Kier molecular flexibility index (Phi) is 6.48. The maximum absolute atomic E-state index is 12.4. The van der Waals surface area contributed by atoms with Crippen LogP contribution in [0.2, 0.25) is 0 Å². The van der Waals surface area contributed by atoms with Crippen LogP contribution in [-0.2, 0) is 4.79 Å². The minimum Gasteiger partial charge on any atom is -0.484 e. The Morgan fingerprint density at radius 3 is 2.64 bits per heavy atom. The van der Waals surface area contributed by atoms with Crippen LogP contribution in [0.25, 0.3) is 11.3 Å². The molecule has 3 rings (SSSR count). The van der Waals surface area contributed by atoms with E-state index in [2.05, 4.69) is 35.2 Å². The summed E-state index contributed by atoms with van der Waals surface area (Å²) in [6.07, 6.45) is 2.53. The molecule has 1 aromatic heterocycles. The number of aromatic nitrogens is 2. The van der Waals surface area contributed by atoms with E-state index in [0.29, 0.717) is 11.7 Å². The first-order valence-corrected chi connectivity index (χ1v) is 9.69. The molecule has 1 unspecified atom stereocenters. The Morgan fingerprint density at radius 1 is 1.14 bits per heavy atom. The van der Waals surface area contributed by atoms with Gasteiger partial charge in [0.25, 0.3) is 5.91 Å². The molecule has 146 valence electrons. The number of rotatable bonds is 8. The lowest BCUT2D eigenvalue weighted by Gasteiger charge is -2.15. The van der Waals surface area contributed by atoms with Gasteiger partial charge in [-0.25, -0.2) is 4.98 Å². The average Bonchev–Trinajstić information content (AvgIpc) is 3.21. The van der Waals surface area contributed by atoms with E-state index in [9.17, 15) is 4.79 Å². The van der Waals surface area contributed by atoms with Gasteiger partial charge in [-0.2, -0.15) is 0 Å². The normalized spacial score (nSPS) is 12.0. The molecule has 1 heterocycles. The molecule has 5 heteroatoms. The van der Waals surface area contributed by atoms with Gasteiger partial charge < -0.3 is 15.0 Å². The minimum absolute atomic E-state index is 0.0235. The molecule has 0 aliphatic rings. The maximum Gasteiger partial charge on any atom is 0.258 e. The van der Waals surface area contributed by atoms with Crippen LogP contribution in [0.4, 0.5) is 0 Å². The van der Waals surface area contributed by atoms with Crippen LogP contribution in [0.15, 0.2) is 60.8 Å². The molecule has 0 aliphatic carbocycles. The van der Waals surface area contributed by atoms with Gasteiger partial charge in [0.05, 0.1) is 17.9 Å². The van der Waals surface area contributed by atoms with Crippen LogP contribution in [-0.4, -0.2) is 22.5 Å². The number of nitrogens with one attached hydrogen (secondary N) is 2. The first-order valence-electron chi connectivity index (χ1n) is 9.69. The van der Waals surface area contributed by atoms with Gasteiger partial charge >= 0.3 is 0 Å². The molecule has 0 spiro atoms. The number of carbonyl (C=O) groups excluding carboxylic acids is 1. The molecule has 1 atom stereocenters. The highest BCUT2D eigenvalue weighted by Crippen LogP contribution is 2.21.